The molecule has 0 aliphatic carbocycles. The Morgan fingerprint density at radius 3 is 2.25 bits per heavy atom. The van der Waals surface area contributed by atoms with Crippen LogP contribution in [0, 0.1) is 0 Å². The van der Waals surface area contributed by atoms with Gasteiger partial charge in [0, 0.05) is 4.47 Å². The summed E-state index contributed by atoms with van der Waals surface area (Å²) < 4.78 is 30.8. The maximum atomic E-state index is 13.0. The zero-order chi connectivity index (χ0) is 21.1. The largest absolute Gasteiger partial charge is 0.491 e. The summed E-state index contributed by atoms with van der Waals surface area (Å²) in [6, 6.07) is 13.3. The van der Waals surface area contributed by atoms with E-state index in [0.717, 1.165) is 10.0 Å². The highest BCUT2D eigenvalue weighted by molar-refractivity contribution is 9.10. The van der Waals surface area contributed by atoms with Crippen LogP contribution in [0.5, 0.6) is 5.75 Å². The third kappa shape index (κ3) is 4.94. The van der Waals surface area contributed by atoms with Crippen LogP contribution in [0.15, 0.2) is 57.9 Å². The van der Waals surface area contributed by atoms with E-state index < -0.39 is 20.5 Å². The number of ether oxygens (including phenoxy) is 1. The molecular weight excluding hydrogens is 442 g/mol. The van der Waals surface area contributed by atoms with E-state index in [1.54, 1.807) is 12.1 Å². The Bertz CT molecular complexity index is 937. The molecule has 152 valence electrons. The third-order valence-electron chi connectivity index (χ3n) is 4.42. The Morgan fingerprint density at radius 2 is 1.68 bits per heavy atom. The molecular formula is C21H26BrNO4S. The van der Waals surface area contributed by atoms with Gasteiger partial charge in [-0.15, -0.1) is 0 Å². The van der Waals surface area contributed by atoms with Crippen molar-refractivity contribution in [3.05, 3.63) is 58.6 Å². The highest BCUT2D eigenvalue weighted by atomic mass is 79.9. The van der Waals surface area contributed by atoms with Crippen molar-refractivity contribution in [2.75, 3.05) is 0 Å². The van der Waals surface area contributed by atoms with Crippen molar-refractivity contribution in [1.82, 2.24) is 5.32 Å². The SMILES string of the molecule is CC(C)Oc1cccc(C(C)NC(=O)C(C)(C)S(=O)(=O)c2ccc(Br)cc2)c1. The molecule has 0 aliphatic rings. The van der Waals surface area contributed by atoms with Gasteiger partial charge < -0.3 is 10.1 Å². The molecule has 1 N–H and O–H groups in total. The highest BCUT2D eigenvalue weighted by Gasteiger charge is 2.43. The van der Waals surface area contributed by atoms with Crippen molar-refractivity contribution in [2.45, 2.75) is 56.4 Å². The summed E-state index contributed by atoms with van der Waals surface area (Å²) in [5.41, 5.74) is 0.836. The summed E-state index contributed by atoms with van der Waals surface area (Å²) in [4.78, 5) is 13.0. The first-order chi connectivity index (χ1) is 12.9. The molecule has 1 unspecified atom stereocenters. The Kier molecular flexibility index (Phi) is 6.93. The first-order valence-corrected chi connectivity index (χ1v) is 11.3. The molecule has 1 amide bonds. The van der Waals surface area contributed by atoms with Gasteiger partial charge in [-0.3, -0.25) is 4.79 Å². The molecule has 2 aromatic rings. The van der Waals surface area contributed by atoms with Gasteiger partial charge in [-0.05, 0) is 76.6 Å². The predicted molar refractivity (Wildman–Crippen MR) is 114 cm³/mol. The molecule has 7 heteroatoms. The molecule has 0 aromatic heterocycles. The van der Waals surface area contributed by atoms with Gasteiger partial charge >= 0.3 is 0 Å². The van der Waals surface area contributed by atoms with E-state index in [4.69, 9.17) is 4.74 Å². The van der Waals surface area contributed by atoms with E-state index in [9.17, 15) is 13.2 Å². The Labute approximate surface area is 175 Å². The zero-order valence-corrected chi connectivity index (χ0v) is 19.1. The number of amides is 1. The van der Waals surface area contributed by atoms with E-state index in [0.29, 0.717) is 5.75 Å². The lowest BCUT2D eigenvalue weighted by molar-refractivity contribution is -0.123. The van der Waals surface area contributed by atoms with Gasteiger partial charge in [0.1, 0.15) is 10.5 Å². The van der Waals surface area contributed by atoms with Crippen LogP contribution in [0.4, 0.5) is 0 Å². The summed E-state index contributed by atoms with van der Waals surface area (Å²) in [7, 11) is -3.86. The van der Waals surface area contributed by atoms with E-state index in [1.807, 2.05) is 45.0 Å². The van der Waals surface area contributed by atoms with Crippen LogP contribution in [0.3, 0.4) is 0 Å². The van der Waals surface area contributed by atoms with Crippen molar-refractivity contribution in [2.24, 2.45) is 0 Å². The molecule has 0 bridgehead atoms. The normalized spacial score (nSPS) is 13.2. The second-order valence-corrected chi connectivity index (χ2v) is 10.8. The lowest BCUT2D eigenvalue weighted by atomic mass is 10.1. The fourth-order valence-electron chi connectivity index (χ4n) is 2.61. The smallest absolute Gasteiger partial charge is 0.241 e. The van der Waals surface area contributed by atoms with Crippen molar-refractivity contribution < 1.29 is 17.9 Å². The van der Waals surface area contributed by atoms with Gasteiger partial charge in [0.05, 0.1) is 17.0 Å². The highest BCUT2D eigenvalue weighted by Crippen LogP contribution is 2.28. The monoisotopic (exact) mass is 467 g/mol. The van der Waals surface area contributed by atoms with Crippen molar-refractivity contribution in [3.63, 3.8) is 0 Å². The van der Waals surface area contributed by atoms with Gasteiger partial charge in [0.15, 0.2) is 9.84 Å². The number of halogens is 1. The van der Waals surface area contributed by atoms with E-state index in [-0.39, 0.29) is 17.0 Å². The summed E-state index contributed by atoms with van der Waals surface area (Å²) in [6.07, 6.45) is 0.0372. The number of sulfone groups is 1. The number of benzene rings is 2. The quantitative estimate of drug-likeness (QED) is 0.641. The van der Waals surface area contributed by atoms with Gasteiger partial charge in [-0.1, -0.05) is 28.1 Å². The maximum absolute atomic E-state index is 13.0. The second-order valence-electron chi connectivity index (χ2n) is 7.40. The van der Waals surface area contributed by atoms with Crippen LogP contribution in [0.25, 0.3) is 0 Å². The molecule has 1 atom stereocenters. The molecule has 0 aliphatic heterocycles. The van der Waals surface area contributed by atoms with Gasteiger partial charge in [0.2, 0.25) is 5.91 Å². The minimum absolute atomic E-state index is 0.0372. The van der Waals surface area contributed by atoms with Gasteiger partial charge in [-0.2, -0.15) is 0 Å². The van der Waals surface area contributed by atoms with E-state index in [1.165, 1.54) is 26.0 Å². The third-order valence-corrected chi connectivity index (χ3v) is 7.37. The summed E-state index contributed by atoms with van der Waals surface area (Å²) >= 11 is 3.29. The summed E-state index contributed by atoms with van der Waals surface area (Å²) in [5, 5.41) is 2.82. The number of carbonyl (C=O) groups excluding carboxylic acids is 1. The maximum Gasteiger partial charge on any atom is 0.241 e. The Morgan fingerprint density at radius 1 is 1.07 bits per heavy atom. The van der Waals surface area contributed by atoms with Crippen LogP contribution < -0.4 is 10.1 Å². The molecule has 0 spiro atoms. The molecule has 0 radical (unpaired) electrons. The number of rotatable bonds is 7. The minimum Gasteiger partial charge on any atom is -0.491 e. The minimum atomic E-state index is -3.86. The van der Waals surface area contributed by atoms with Crippen LogP contribution in [-0.2, 0) is 14.6 Å². The van der Waals surface area contributed by atoms with Crippen molar-refractivity contribution >= 4 is 31.7 Å². The Balaban J connectivity index is 2.21. The van der Waals surface area contributed by atoms with Crippen LogP contribution in [0.2, 0.25) is 0 Å². The zero-order valence-electron chi connectivity index (χ0n) is 16.7. The standard InChI is InChI=1S/C21H26BrNO4S/c1-14(2)27-18-8-6-7-16(13-18)15(3)23-20(24)21(4,5)28(25,26)19-11-9-17(22)10-12-19/h6-15H,1-5H3,(H,23,24). The lowest BCUT2D eigenvalue weighted by Crippen LogP contribution is -2.48. The van der Waals surface area contributed by atoms with Crippen LogP contribution in [-0.4, -0.2) is 25.2 Å². The summed E-state index contributed by atoms with van der Waals surface area (Å²) in [5.74, 6) is 0.147. The number of hydrogen-bond acceptors (Lipinski definition) is 4. The van der Waals surface area contributed by atoms with Crippen LogP contribution in [0.1, 0.15) is 46.2 Å². The van der Waals surface area contributed by atoms with Crippen molar-refractivity contribution in [1.29, 1.82) is 0 Å². The summed E-state index contributed by atoms with van der Waals surface area (Å²) in [6.45, 7) is 8.53. The average molecular weight is 468 g/mol. The van der Waals surface area contributed by atoms with Gasteiger partial charge in [0.25, 0.3) is 0 Å². The molecule has 0 fully saturated rings. The second kappa shape index (κ2) is 8.66. The van der Waals surface area contributed by atoms with E-state index in [2.05, 4.69) is 21.2 Å². The number of carbonyl (C=O) groups is 1. The molecule has 28 heavy (non-hydrogen) atoms. The predicted octanol–water partition coefficient (Wildman–Crippen LogP) is 4.67. The molecule has 5 nitrogen and oxygen atoms in total. The topological polar surface area (TPSA) is 72.5 Å². The fourth-order valence-corrected chi connectivity index (χ4v) is 4.26. The molecule has 2 aromatic carbocycles. The fraction of sp³-hybridized carbons (Fsp3) is 0.381. The number of hydrogen-bond donors (Lipinski definition) is 1. The molecule has 2 rings (SSSR count). The van der Waals surface area contributed by atoms with Gasteiger partial charge in [-0.25, -0.2) is 8.42 Å². The molecule has 0 saturated carbocycles. The average Bonchev–Trinajstić information content (AvgIpc) is 2.61. The van der Waals surface area contributed by atoms with Crippen LogP contribution >= 0.6 is 15.9 Å². The lowest BCUT2D eigenvalue weighted by Gasteiger charge is -2.26. The molecule has 0 heterocycles. The van der Waals surface area contributed by atoms with Crippen molar-refractivity contribution in [3.8, 4) is 5.75 Å². The Hall–Kier alpha value is -1.86. The first kappa shape index (κ1) is 22.4. The first-order valence-electron chi connectivity index (χ1n) is 9.03. The number of nitrogens with one attached hydrogen (secondary N) is 1. The molecule has 0 saturated heterocycles. The van der Waals surface area contributed by atoms with E-state index >= 15 is 0 Å².